The van der Waals surface area contributed by atoms with Crippen molar-refractivity contribution in [2.45, 2.75) is 20.5 Å². The Morgan fingerprint density at radius 1 is 1.00 bits per heavy atom. The first-order valence-corrected chi connectivity index (χ1v) is 12.5. The molecule has 35 heavy (non-hydrogen) atoms. The summed E-state index contributed by atoms with van der Waals surface area (Å²) in [5, 5.41) is 14.7. The molecule has 0 aliphatic carbocycles. The number of nitrogens with zero attached hydrogens (tertiary/aromatic N) is 1. The van der Waals surface area contributed by atoms with Gasteiger partial charge in [0.2, 0.25) is 0 Å². The van der Waals surface area contributed by atoms with E-state index in [9.17, 15) is 10.1 Å². The minimum atomic E-state index is -0.456. The van der Waals surface area contributed by atoms with E-state index in [-0.39, 0.29) is 5.57 Å². The fourth-order valence-electron chi connectivity index (χ4n) is 3.83. The molecule has 0 aliphatic rings. The third-order valence-corrected chi connectivity index (χ3v) is 6.76. The average molecular weight is 590 g/mol. The molecular formula is C29H22Br2N2O2. The third kappa shape index (κ3) is 5.82. The number of hydrogen-bond acceptors (Lipinski definition) is 3. The molecule has 0 bridgehead atoms. The molecule has 0 aromatic heterocycles. The van der Waals surface area contributed by atoms with Gasteiger partial charge in [-0.05, 0) is 97.4 Å². The SMILES string of the molecule is Cc1ccc(NC(=O)/C(C#N)=C/c2cc(Br)c(OCc3cccc4ccccc34)c(Br)c2)c(C)c1. The van der Waals surface area contributed by atoms with Crippen molar-refractivity contribution in [1.29, 1.82) is 5.26 Å². The average Bonchev–Trinajstić information content (AvgIpc) is 2.83. The van der Waals surface area contributed by atoms with Crippen LogP contribution in [0.25, 0.3) is 16.8 Å². The van der Waals surface area contributed by atoms with E-state index in [0.717, 1.165) is 27.5 Å². The van der Waals surface area contributed by atoms with E-state index >= 15 is 0 Å². The van der Waals surface area contributed by atoms with E-state index in [1.807, 2.05) is 68.4 Å². The lowest BCUT2D eigenvalue weighted by molar-refractivity contribution is -0.112. The van der Waals surface area contributed by atoms with E-state index in [4.69, 9.17) is 4.74 Å². The van der Waals surface area contributed by atoms with E-state index < -0.39 is 5.91 Å². The van der Waals surface area contributed by atoms with Gasteiger partial charge in [-0.1, -0.05) is 60.2 Å². The maximum atomic E-state index is 12.7. The van der Waals surface area contributed by atoms with Crippen LogP contribution in [-0.2, 0) is 11.4 Å². The summed E-state index contributed by atoms with van der Waals surface area (Å²) in [4.78, 5) is 12.7. The second-order valence-electron chi connectivity index (χ2n) is 8.18. The van der Waals surface area contributed by atoms with E-state index in [2.05, 4.69) is 61.4 Å². The van der Waals surface area contributed by atoms with Crippen LogP contribution in [-0.4, -0.2) is 5.91 Å². The second-order valence-corrected chi connectivity index (χ2v) is 9.89. The molecule has 4 rings (SSSR count). The number of nitrogens with one attached hydrogen (secondary N) is 1. The molecule has 4 aromatic carbocycles. The van der Waals surface area contributed by atoms with Crippen LogP contribution in [0.4, 0.5) is 5.69 Å². The molecule has 174 valence electrons. The summed E-state index contributed by atoms with van der Waals surface area (Å²) in [5.41, 5.74) is 4.51. The molecule has 0 atom stereocenters. The predicted octanol–water partition coefficient (Wildman–Crippen LogP) is 8.11. The van der Waals surface area contributed by atoms with Crippen molar-refractivity contribution >= 4 is 60.3 Å². The lowest BCUT2D eigenvalue weighted by Gasteiger charge is -2.13. The number of anilines is 1. The van der Waals surface area contributed by atoms with Crippen molar-refractivity contribution in [2.75, 3.05) is 5.32 Å². The smallest absolute Gasteiger partial charge is 0.266 e. The van der Waals surface area contributed by atoms with Gasteiger partial charge < -0.3 is 10.1 Å². The van der Waals surface area contributed by atoms with Crippen LogP contribution in [0.1, 0.15) is 22.3 Å². The standard InChI is InChI=1S/C29H22Br2N2O2/c1-18-10-11-27(19(2)12-18)33-29(34)23(16-32)13-20-14-25(30)28(26(31)15-20)35-17-22-8-5-7-21-6-3-4-9-24(21)22/h3-15H,17H2,1-2H3,(H,33,34)/b23-13+. The van der Waals surface area contributed by atoms with Gasteiger partial charge in [0.05, 0.1) is 8.95 Å². The fourth-order valence-corrected chi connectivity index (χ4v) is 5.28. The topological polar surface area (TPSA) is 62.1 Å². The van der Waals surface area contributed by atoms with Crippen molar-refractivity contribution in [2.24, 2.45) is 0 Å². The molecule has 4 aromatic rings. The predicted molar refractivity (Wildman–Crippen MR) is 148 cm³/mol. The number of ether oxygens (including phenoxy) is 1. The maximum Gasteiger partial charge on any atom is 0.266 e. The number of fused-ring (bicyclic) bond motifs is 1. The largest absolute Gasteiger partial charge is 0.487 e. The number of hydrogen-bond donors (Lipinski definition) is 1. The molecule has 0 aliphatic heterocycles. The number of nitriles is 1. The van der Waals surface area contributed by atoms with Gasteiger partial charge in [-0.25, -0.2) is 0 Å². The second kappa shape index (κ2) is 10.9. The molecule has 0 saturated heterocycles. The Bertz CT molecular complexity index is 1470. The van der Waals surface area contributed by atoms with Crippen molar-refractivity contribution in [3.8, 4) is 11.8 Å². The molecule has 0 spiro atoms. The lowest BCUT2D eigenvalue weighted by atomic mass is 10.1. The summed E-state index contributed by atoms with van der Waals surface area (Å²) < 4.78 is 7.57. The lowest BCUT2D eigenvalue weighted by Crippen LogP contribution is -2.14. The van der Waals surface area contributed by atoms with Crippen LogP contribution in [0.2, 0.25) is 0 Å². The quantitative estimate of drug-likeness (QED) is 0.182. The van der Waals surface area contributed by atoms with Gasteiger partial charge in [0, 0.05) is 5.69 Å². The van der Waals surface area contributed by atoms with Gasteiger partial charge in [0.1, 0.15) is 24.0 Å². The Morgan fingerprint density at radius 2 is 1.71 bits per heavy atom. The van der Waals surface area contributed by atoms with Crippen LogP contribution >= 0.6 is 31.9 Å². The summed E-state index contributed by atoms with van der Waals surface area (Å²) in [6.45, 7) is 4.31. The van der Waals surface area contributed by atoms with E-state index in [1.165, 1.54) is 0 Å². The van der Waals surface area contributed by atoms with Crippen LogP contribution < -0.4 is 10.1 Å². The highest BCUT2D eigenvalue weighted by Gasteiger charge is 2.14. The van der Waals surface area contributed by atoms with Gasteiger partial charge in [-0.2, -0.15) is 5.26 Å². The molecule has 0 unspecified atom stereocenters. The number of carbonyl (C=O) groups is 1. The fraction of sp³-hybridized carbons (Fsp3) is 0.103. The monoisotopic (exact) mass is 588 g/mol. The molecule has 0 radical (unpaired) electrons. The molecule has 4 nitrogen and oxygen atoms in total. The van der Waals surface area contributed by atoms with Gasteiger partial charge in [0.15, 0.2) is 0 Å². The molecule has 1 amide bonds. The molecule has 1 N–H and O–H groups in total. The molecular weight excluding hydrogens is 568 g/mol. The van der Waals surface area contributed by atoms with Crippen LogP contribution in [0, 0.1) is 25.2 Å². The van der Waals surface area contributed by atoms with Gasteiger partial charge in [-0.15, -0.1) is 0 Å². The number of carbonyl (C=O) groups excluding carboxylic acids is 1. The minimum Gasteiger partial charge on any atom is -0.487 e. The molecule has 6 heteroatoms. The third-order valence-electron chi connectivity index (χ3n) is 5.58. The minimum absolute atomic E-state index is 0.00759. The molecule has 0 saturated carbocycles. The summed E-state index contributed by atoms with van der Waals surface area (Å²) in [5.74, 6) is 0.191. The zero-order valence-electron chi connectivity index (χ0n) is 19.2. The zero-order chi connectivity index (χ0) is 24.9. The van der Waals surface area contributed by atoms with Crippen LogP contribution in [0.5, 0.6) is 5.75 Å². The first-order valence-electron chi connectivity index (χ1n) is 10.9. The van der Waals surface area contributed by atoms with Crippen molar-refractivity contribution in [1.82, 2.24) is 0 Å². The van der Waals surface area contributed by atoms with Gasteiger partial charge >= 0.3 is 0 Å². The van der Waals surface area contributed by atoms with Crippen molar-refractivity contribution in [3.63, 3.8) is 0 Å². The van der Waals surface area contributed by atoms with E-state index in [1.54, 1.807) is 6.08 Å². The maximum absolute atomic E-state index is 12.7. The highest BCUT2D eigenvalue weighted by molar-refractivity contribution is 9.11. The number of halogens is 2. The molecule has 0 heterocycles. The number of aryl methyl sites for hydroxylation is 2. The first kappa shape index (κ1) is 24.7. The van der Waals surface area contributed by atoms with Crippen LogP contribution in [0.15, 0.2) is 87.3 Å². The zero-order valence-corrected chi connectivity index (χ0v) is 22.4. The van der Waals surface area contributed by atoms with Gasteiger partial charge in [-0.3, -0.25) is 4.79 Å². The van der Waals surface area contributed by atoms with E-state index in [0.29, 0.717) is 32.6 Å². The highest BCUT2D eigenvalue weighted by atomic mass is 79.9. The Kier molecular flexibility index (Phi) is 7.70. The van der Waals surface area contributed by atoms with Crippen molar-refractivity contribution in [3.05, 3.63) is 110 Å². The van der Waals surface area contributed by atoms with Gasteiger partial charge in [0.25, 0.3) is 5.91 Å². The summed E-state index contributed by atoms with van der Waals surface area (Å²) in [6.07, 6.45) is 1.56. The summed E-state index contributed by atoms with van der Waals surface area (Å²) >= 11 is 7.15. The molecule has 0 fully saturated rings. The summed E-state index contributed by atoms with van der Waals surface area (Å²) in [7, 11) is 0. The number of amides is 1. The first-order chi connectivity index (χ1) is 16.9. The Labute approximate surface area is 221 Å². The number of benzene rings is 4. The Morgan fingerprint density at radius 3 is 2.43 bits per heavy atom. The van der Waals surface area contributed by atoms with Crippen molar-refractivity contribution < 1.29 is 9.53 Å². The Balaban J connectivity index is 1.54. The number of rotatable bonds is 6. The highest BCUT2D eigenvalue weighted by Crippen LogP contribution is 2.36. The Hall–Kier alpha value is -3.40. The normalized spacial score (nSPS) is 11.2. The van der Waals surface area contributed by atoms with Crippen LogP contribution in [0.3, 0.4) is 0 Å². The summed E-state index contributed by atoms with van der Waals surface area (Å²) in [6, 6.07) is 25.7.